The Morgan fingerprint density at radius 3 is 2.28 bits per heavy atom. The van der Waals surface area contributed by atoms with E-state index in [1.54, 1.807) is 36.4 Å². The van der Waals surface area contributed by atoms with Gasteiger partial charge < -0.3 is 10.6 Å². The molecule has 0 bridgehead atoms. The van der Waals surface area contributed by atoms with Gasteiger partial charge in [-0.3, -0.25) is 9.59 Å². The van der Waals surface area contributed by atoms with Gasteiger partial charge in [-0.05, 0) is 43.2 Å². The Morgan fingerprint density at radius 2 is 1.64 bits per heavy atom. The van der Waals surface area contributed by atoms with Crippen molar-refractivity contribution < 1.29 is 9.59 Å². The van der Waals surface area contributed by atoms with Crippen molar-refractivity contribution in [1.82, 2.24) is 0 Å². The third kappa shape index (κ3) is 3.46. The van der Waals surface area contributed by atoms with Gasteiger partial charge in [-0.25, -0.2) is 0 Å². The summed E-state index contributed by atoms with van der Waals surface area (Å²) in [6.45, 7) is 0. The third-order valence-corrected chi connectivity index (χ3v) is 4.66. The topological polar surface area (TPSA) is 82.0 Å². The molecular weight excluding hydrogens is 361 g/mol. The first-order valence-corrected chi connectivity index (χ1v) is 8.29. The van der Waals surface area contributed by atoms with Crippen LogP contribution in [0.1, 0.15) is 18.4 Å². The van der Waals surface area contributed by atoms with Gasteiger partial charge in [0, 0.05) is 5.02 Å². The van der Waals surface area contributed by atoms with Crippen LogP contribution in [0.3, 0.4) is 0 Å². The summed E-state index contributed by atoms with van der Waals surface area (Å²) in [5.74, 6) is -0.880. The number of nitrogens with one attached hydrogen (secondary N) is 2. The van der Waals surface area contributed by atoms with E-state index in [9.17, 15) is 9.59 Å². The van der Waals surface area contributed by atoms with Crippen molar-refractivity contribution in [2.75, 3.05) is 10.6 Å². The number of carbonyl (C=O) groups excluding carboxylic acids is 2. The Kier molecular flexibility index (Phi) is 4.67. The summed E-state index contributed by atoms with van der Waals surface area (Å²) in [4.78, 5) is 25.2. The predicted molar refractivity (Wildman–Crippen MR) is 96.5 cm³/mol. The zero-order valence-electron chi connectivity index (χ0n) is 13.0. The molecule has 0 unspecified atom stereocenters. The highest BCUT2D eigenvalue weighted by Crippen LogP contribution is 2.48. The Labute approximate surface area is 154 Å². The summed E-state index contributed by atoms with van der Waals surface area (Å²) < 4.78 is 0. The van der Waals surface area contributed by atoms with E-state index in [0.29, 0.717) is 39.8 Å². The monoisotopic (exact) mass is 373 g/mol. The lowest BCUT2D eigenvalue weighted by molar-refractivity contribution is -0.131. The molecule has 126 valence electrons. The van der Waals surface area contributed by atoms with Crippen LogP contribution in [0.5, 0.6) is 0 Å². The normalized spacial score (nSPS) is 14.3. The summed E-state index contributed by atoms with van der Waals surface area (Å²) in [5, 5.41) is 15.2. The SMILES string of the molecule is N#Cc1ccccc1NC(=O)C1(C(=O)Nc2cc(Cl)ccc2Cl)CC1. The van der Waals surface area contributed by atoms with Gasteiger partial charge >= 0.3 is 0 Å². The molecule has 1 fully saturated rings. The summed E-state index contributed by atoms with van der Waals surface area (Å²) in [5.41, 5.74) is -0.0794. The lowest BCUT2D eigenvalue weighted by Crippen LogP contribution is -2.35. The van der Waals surface area contributed by atoms with Gasteiger partial charge in [-0.1, -0.05) is 35.3 Å². The second-order valence-electron chi connectivity index (χ2n) is 5.77. The van der Waals surface area contributed by atoms with Crippen molar-refractivity contribution in [2.45, 2.75) is 12.8 Å². The van der Waals surface area contributed by atoms with Gasteiger partial charge in [0.2, 0.25) is 11.8 Å². The molecule has 2 N–H and O–H groups in total. The number of nitriles is 1. The average molecular weight is 374 g/mol. The highest BCUT2D eigenvalue weighted by atomic mass is 35.5. The van der Waals surface area contributed by atoms with Crippen LogP contribution < -0.4 is 10.6 Å². The molecule has 0 aromatic heterocycles. The summed E-state index contributed by atoms with van der Waals surface area (Å²) in [6.07, 6.45) is 0.856. The molecule has 5 nitrogen and oxygen atoms in total. The van der Waals surface area contributed by atoms with E-state index in [0.717, 1.165) is 0 Å². The summed E-state index contributed by atoms with van der Waals surface area (Å²) >= 11 is 12.0. The van der Waals surface area contributed by atoms with Crippen molar-refractivity contribution in [1.29, 1.82) is 5.26 Å². The van der Waals surface area contributed by atoms with Crippen molar-refractivity contribution in [3.8, 4) is 6.07 Å². The van der Waals surface area contributed by atoms with Gasteiger partial charge in [0.15, 0.2) is 0 Å². The van der Waals surface area contributed by atoms with Crippen LogP contribution in [-0.4, -0.2) is 11.8 Å². The molecule has 2 aromatic carbocycles. The van der Waals surface area contributed by atoms with E-state index in [1.165, 1.54) is 6.07 Å². The maximum absolute atomic E-state index is 12.6. The molecule has 0 radical (unpaired) electrons. The van der Waals surface area contributed by atoms with Crippen LogP contribution in [0.25, 0.3) is 0 Å². The molecule has 0 aliphatic heterocycles. The third-order valence-electron chi connectivity index (χ3n) is 4.09. The molecule has 0 heterocycles. The molecule has 0 atom stereocenters. The number of hydrogen-bond acceptors (Lipinski definition) is 3. The van der Waals surface area contributed by atoms with Crippen LogP contribution in [-0.2, 0) is 9.59 Å². The van der Waals surface area contributed by atoms with Gasteiger partial charge in [-0.15, -0.1) is 0 Å². The van der Waals surface area contributed by atoms with Crippen molar-refractivity contribution in [3.05, 3.63) is 58.1 Å². The molecular formula is C18H13Cl2N3O2. The van der Waals surface area contributed by atoms with E-state index in [1.807, 2.05) is 6.07 Å². The minimum absolute atomic E-state index is 0.337. The highest BCUT2D eigenvalue weighted by Gasteiger charge is 2.56. The second-order valence-corrected chi connectivity index (χ2v) is 6.62. The zero-order valence-corrected chi connectivity index (χ0v) is 14.5. The molecule has 1 aliphatic rings. The van der Waals surface area contributed by atoms with Crippen LogP contribution in [0, 0.1) is 16.7 Å². The first kappa shape index (κ1) is 17.3. The van der Waals surface area contributed by atoms with E-state index in [4.69, 9.17) is 28.5 Å². The molecule has 0 saturated heterocycles. The number of nitrogens with zero attached hydrogens (tertiary/aromatic N) is 1. The van der Waals surface area contributed by atoms with Gasteiger partial charge in [0.1, 0.15) is 11.5 Å². The minimum atomic E-state index is -1.16. The lowest BCUT2D eigenvalue weighted by atomic mass is 10.0. The maximum Gasteiger partial charge on any atom is 0.240 e. The number of rotatable bonds is 4. The number of halogens is 2. The summed E-state index contributed by atoms with van der Waals surface area (Å²) in [6, 6.07) is 13.4. The van der Waals surface area contributed by atoms with Crippen LogP contribution in [0.15, 0.2) is 42.5 Å². The Hall–Kier alpha value is -2.55. The predicted octanol–water partition coefficient (Wildman–Crippen LogP) is 4.22. The molecule has 0 spiro atoms. The fourth-order valence-electron chi connectivity index (χ4n) is 2.45. The van der Waals surface area contributed by atoms with Crippen LogP contribution in [0.2, 0.25) is 10.0 Å². The van der Waals surface area contributed by atoms with E-state index >= 15 is 0 Å². The van der Waals surface area contributed by atoms with Crippen LogP contribution in [0.4, 0.5) is 11.4 Å². The molecule has 1 saturated carbocycles. The highest BCUT2D eigenvalue weighted by molar-refractivity contribution is 6.36. The van der Waals surface area contributed by atoms with Gasteiger partial charge in [0.25, 0.3) is 0 Å². The molecule has 25 heavy (non-hydrogen) atoms. The first-order valence-electron chi connectivity index (χ1n) is 7.53. The maximum atomic E-state index is 12.6. The number of anilines is 2. The average Bonchev–Trinajstić information content (AvgIpc) is 3.40. The molecule has 2 aromatic rings. The Morgan fingerprint density at radius 1 is 1.00 bits per heavy atom. The number of amides is 2. The zero-order chi connectivity index (χ0) is 18.0. The fourth-order valence-corrected chi connectivity index (χ4v) is 2.79. The van der Waals surface area contributed by atoms with Gasteiger partial charge in [0.05, 0.1) is 22.0 Å². The smallest absolute Gasteiger partial charge is 0.240 e. The largest absolute Gasteiger partial charge is 0.324 e. The van der Waals surface area contributed by atoms with Crippen LogP contribution >= 0.6 is 23.2 Å². The van der Waals surface area contributed by atoms with Crippen molar-refractivity contribution in [2.24, 2.45) is 5.41 Å². The minimum Gasteiger partial charge on any atom is -0.324 e. The number of benzene rings is 2. The van der Waals surface area contributed by atoms with Gasteiger partial charge in [-0.2, -0.15) is 5.26 Å². The fraction of sp³-hybridized carbons (Fsp3) is 0.167. The lowest BCUT2D eigenvalue weighted by Gasteiger charge is -2.16. The number of carbonyl (C=O) groups is 2. The number of hydrogen-bond donors (Lipinski definition) is 2. The van der Waals surface area contributed by atoms with E-state index in [2.05, 4.69) is 10.6 Å². The second kappa shape index (κ2) is 6.75. The molecule has 1 aliphatic carbocycles. The standard InChI is InChI=1S/C18H13Cl2N3O2/c19-12-5-6-13(20)15(9-12)23-17(25)18(7-8-18)16(24)22-14-4-2-1-3-11(14)10-21/h1-6,9H,7-8H2,(H,22,24)(H,23,25). The van der Waals surface area contributed by atoms with E-state index < -0.39 is 17.2 Å². The Balaban J connectivity index is 1.77. The van der Waals surface area contributed by atoms with E-state index in [-0.39, 0.29) is 0 Å². The Bertz CT molecular complexity index is 901. The summed E-state index contributed by atoms with van der Waals surface area (Å²) in [7, 11) is 0. The molecule has 2 amide bonds. The number of para-hydroxylation sites is 1. The quantitative estimate of drug-likeness (QED) is 0.786. The molecule has 3 rings (SSSR count). The van der Waals surface area contributed by atoms with Crippen molar-refractivity contribution >= 4 is 46.4 Å². The molecule has 7 heteroatoms. The van der Waals surface area contributed by atoms with Crippen molar-refractivity contribution in [3.63, 3.8) is 0 Å². The first-order chi connectivity index (χ1) is 12.0.